The molecular formula is C25H31NO6S. The van der Waals surface area contributed by atoms with Gasteiger partial charge in [0, 0.05) is 0 Å². The smallest absolute Gasteiger partial charge is 0.320 e. The molecule has 0 aromatic heterocycles. The van der Waals surface area contributed by atoms with Crippen LogP contribution in [0.15, 0.2) is 48.5 Å². The van der Waals surface area contributed by atoms with Crippen molar-refractivity contribution in [2.75, 3.05) is 6.26 Å². The van der Waals surface area contributed by atoms with E-state index in [0.29, 0.717) is 6.42 Å². The van der Waals surface area contributed by atoms with Crippen molar-refractivity contribution in [3.05, 3.63) is 76.4 Å². The fraction of sp³-hybridized carbons (Fsp3) is 0.400. The van der Waals surface area contributed by atoms with Crippen molar-refractivity contribution in [2.45, 2.75) is 55.7 Å². The maximum absolute atomic E-state index is 10.8. The average Bonchev–Trinajstić information content (AvgIpc) is 2.80. The summed E-state index contributed by atoms with van der Waals surface area (Å²) < 4.78 is 5.90. The highest BCUT2D eigenvalue weighted by atomic mass is 32.2. The van der Waals surface area contributed by atoms with Crippen molar-refractivity contribution in [2.24, 2.45) is 5.73 Å². The first-order chi connectivity index (χ1) is 15.7. The zero-order valence-corrected chi connectivity index (χ0v) is 19.5. The molecule has 0 bridgehead atoms. The number of thioether (sulfide) groups is 1. The maximum atomic E-state index is 10.8. The molecule has 6 atom stereocenters. The van der Waals surface area contributed by atoms with E-state index in [2.05, 4.69) is 0 Å². The van der Waals surface area contributed by atoms with Gasteiger partial charge in [-0.2, -0.15) is 0 Å². The predicted octanol–water partition coefficient (Wildman–Crippen LogP) is 2.24. The van der Waals surface area contributed by atoms with Gasteiger partial charge in [0.1, 0.15) is 35.9 Å². The quantitative estimate of drug-likeness (QED) is 0.394. The molecule has 0 amide bonds. The predicted molar refractivity (Wildman–Crippen MR) is 129 cm³/mol. The molecule has 1 heterocycles. The first-order valence-electron chi connectivity index (χ1n) is 10.8. The van der Waals surface area contributed by atoms with Gasteiger partial charge >= 0.3 is 5.97 Å². The van der Waals surface area contributed by atoms with Crippen molar-refractivity contribution in [3.63, 3.8) is 0 Å². The van der Waals surface area contributed by atoms with Gasteiger partial charge in [0.15, 0.2) is 0 Å². The Balaban J connectivity index is 1.72. The molecule has 0 aliphatic carbocycles. The largest absolute Gasteiger partial charge is 0.480 e. The van der Waals surface area contributed by atoms with E-state index in [0.717, 1.165) is 27.8 Å². The minimum atomic E-state index is -1.28. The molecule has 0 spiro atoms. The lowest BCUT2D eigenvalue weighted by Gasteiger charge is -2.40. The van der Waals surface area contributed by atoms with Crippen molar-refractivity contribution in [3.8, 4) is 0 Å². The van der Waals surface area contributed by atoms with Crippen molar-refractivity contribution < 1.29 is 30.0 Å². The number of hydrogen-bond acceptors (Lipinski definition) is 7. The number of rotatable bonds is 8. The van der Waals surface area contributed by atoms with E-state index >= 15 is 0 Å². The first-order valence-corrected chi connectivity index (χ1v) is 12.1. The van der Waals surface area contributed by atoms with E-state index in [1.54, 1.807) is 12.3 Å². The summed E-state index contributed by atoms with van der Waals surface area (Å²) >= 11 is 1.29. The number of aliphatic hydroxyl groups excluding tert-OH is 3. The fourth-order valence-electron chi connectivity index (χ4n) is 3.80. The lowest BCUT2D eigenvalue weighted by Crippen LogP contribution is -2.52. The van der Waals surface area contributed by atoms with Crippen LogP contribution in [-0.4, -0.2) is 62.4 Å². The van der Waals surface area contributed by atoms with Crippen LogP contribution in [0.25, 0.3) is 6.08 Å². The zero-order valence-electron chi connectivity index (χ0n) is 18.7. The molecule has 2 aromatic carbocycles. The molecule has 33 heavy (non-hydrogen) atoms. The topological polar surface area (TPSA) is 133 Å². The minimum Gasteiger partial charge on any atom is -0.480 e. The molecule has 1 aliphatic rings. The number of aryl methyl sites for hydroxylation is 1. The van der Waals surface area contributed by atoms with Gasteiger partial charge in [-0.25, -0.2) is 0 Å². The fourth-order valence-corrected chi connectivity index (χ4v) is 4.47. The Morgan fingerprint density at radius 2 is 1.82 bits per heavy atom. The normalized spacial score (nSPS) is 26.4. The summed E-state index contributed by atoms with van der Waals surface area (Å²) in [6, 6.07) is 12.9. The van der Waals surface area contributed by atoms with E-state index in [9.17, 15) is 20.1 Å². The van der Waals surface area contributed by atoms with Gasteiger partial charge in [-0.3, -0.25) is 4.79 Å². The molecule has 1 fully saturated rings. The minimum absolute atomic E-state index is 0.265. The number of carboxylic acid groups (broad SMARTS) is 1. The number of aliphatic carboxylic acids is 1. The first kappa shape index (κ1) is 25.4. The molecule has 3 rings (SSSR count). The van der Waals surface area contributed by atoms with Crippen LogP contribution in [0.4, 0.5) is 0 Å². The Kier molecular flexibility index (Phi) is 8.69. The molecule has 1 unspecified atom stereocenters. The summed E-state index contributed by atoms with van der Waals surface area (Å²) in [6.07, 6.45) is 1.94. The van der Waals surface area contributed by atoms with Gasteiger partial charge in [0.2, 0.25) is 0 Å². The van der Waals surface area contributed by atoms with Crippen LogP contribution in [0.1, 0.15) is 40.3 Å². The molecule has 8 heteroatoms. The second kappa shape index (κ2) is 11.3. The standard InChI is InChI=1S/C25H31NO6S/c1-14-6-11-17(23-21(28)20(27)22(29)25(32-23)33-2)13-18(14)12-16-9-7-15(8-10-16)4-3-5-19(26)24(30)31/h3-4,6-11,13,19-23,25,27-29H,5,12,26H2,1-2H3,(H,30,31)/b4-3+/t19?,20-,21-,22+,23+,25-/m1/s1. The Morgan fingerprint density at radius 1 is 1.12 bits per heavy atom. The Hall–Kier alpha value is -2.20. The summed E-state index contributed by atoms with van der Waals surface area (Å²) in [7, 11) is 0. The summed E-state index contributed by atoms with van der Waals surface area (Å²) in [4.78, 5) is 10.8. The Bertz CT molecular complexity index is 977. The van der Waals surface area contributed by atoms with Crippen LogP contribution >= 0.6 is 11.8 Å². The van der Waals surface area contributed by atoms with Crippen LogP contribution in [0, 0.1) is 6.92 Å². The second-order valence-electron chi connectivity index (χ2n) is 8.32. The molecule has 1 saturated heterocycles. The zero-order chi connectivity index (χ0) is 24.1. The van der Waals surface area contributed by atoms with Gasteiger partial charge in [-0.05, 0) is 53.8 Å². The molecule has 2 aromatic rings. The van der Waals surface area contributed by atoms with Gasteiger partial charge in [0.25, 0.3) is 0 Å². The van der Waals surface area contributed by atoms with Crippen LogP contribution < -0.4 is 5.73 Å². The SMILES string of the molecule is CS[C@H]1O[C@@H](c2ccc(C)c(Cc3ccc(/C=C/CC(N)C(=O)O)cc3)c2)[C@H](O)[C@@H](O)[C@@H]1O. The van der Waals surface area contributed by atoms with Crippen LogP contribution in [0.3, 0.4) is 0 Å². The molecule has 7 nitrogen and oxygen atoms in total. The summed E-state index contributed by atoms with van der Waals surface area (Å²) in [5, 5.41) is 39.7. The van der Waals surface area contributed by atoms with E-state index < -0.39 is 41.9 Å². The van der Waals surface area contributed by atoms with Gasteiger partial charge in [-0.1, -0.05) is 54.6 Å². The summed E-state index contributed by atoms with van der Waals surface area (Å²) in [5.74, 6) is -1.02. The summed E-state index contributed by atoms with van der Waals surface area (Å²) in [6.45, 7) is 2.02. The van der Waals surface area contributed by atoms with E-state index in [4.69, 9.17) is 15.6 Å². The van der Waals surface area contributed by atoms with Crippen LogP contribution in [0.5, 0.6) is 0 Å². The average molecular weight is 474 g/mol. The number of carboxylic acids is 1. The van der Waals surface area contributed by atoms with Crippen LogP contribution in [0.2, 0.25) is 0 Å². The summed E-state index contributed by atoms with van der Waals surface area (Å²) in [5.41, 5.74) is 9.85. The highest BCUT2D eigenvalue weighted by molar-refractivity contribution is 7.99. The van der Waals surface area contributed by atoms with Gasteiger partial charge < -0.3 is 30.9 Å². The number of nitrogens with two attached hydrogens (primary N) is 1. The van der Waals surface area contributed by atoms with Crippen molar-refractivity contribution >= 4 is 23.8 Å². The molecule has 178 valence electrons. The lowest BCUT2D eigenvalue weighted by molar-refractivity contribution is -0.200. The third-order valence-corrected chi connectivity index (χ3v) is 6.75. The Morgan fingerprint density at radius 3 is 2.45 bits per heavy atom. The third kappa shape index (κ3) is 6.23. The maximum Gasteiger partial charge on any atom is 0.320 e. The van der Waals surface area contributed by atoms with Crippen LogP contribution in [-0.2, 0) is 16.0 Å². The van der Waals surface area contributed by atoms with Gasteiger partial charge in [0.05, 0.1) is 0 Å². The lowest BCUT2D eigenvalue weighted by atomic mass is 9.91. The van der Waals surface area contributed by atoms with Crippen molar-refractivity contribution in [1.82, 2.24) is 0 Å². The number of hydrogen-bond donors (Lipinski definition) is 5. The number of ether oxygens (including phenoxy) is 1. The van der Waals surface area contributed by atoms with Crippen molar-refractivity contribution in [1.29, 1.82) is 0 Å². The number of benzene rings is 2. The molecule has 0 saturated carbocycles. The third-order valence-electron chi connectivity index (χ3n) is 5.90. The van der Waals surface area contributed by atoms with E-state index in [1.807, 2.05) is 55.5 Å². The highest BCUT2D eigenvalue weighted by Crippen LogP contribution is 2.36. The molecule has 1 aliphatic heterocycles. The monoisotopic (exact) mass is 473 g/mol. The van der Waals surface area contributed by atoms with E-state index in [-0.39, 0.29) is 6.42 Å². The number of carbonyl (C=O) groups is 1. The Labute approximate surface area is 197 Å². The number of aliphatic hydroxyl groups is 3. The molecule has 0 radical (unpaired) electrons. The van der Waals surface area contributed by atoms with E-state index in [1.165, 1.54) is 11.8 Å². The molecular weight excluding hydrogens is 442 g/mol. The van der Waals surface area contributed by atoms with Gasteiger partial charge in [-0.15, -0.1) is 11.8 Å². The highest BCUT2D eigenvalue weighted by Gasteiger charge is 2.44. The second-order valence-corrected chi connectivity index (χ2v) is 9.26. The molecule has 6 N–H and O–H groups in total.